The maximum absolute atomic E-state index is 11.9. The van der Waals surface area contributed by atoms with Gasteiger partial charge in [-0.05, 0) is 40.9 Å². The average Bonchev–Trinajstić information content (AvgIpc) is 2.24. The first-order valence-corrected chi connectivity index (χ1v) is 6.32. The van der Waals surface area contributed by atoms with Crippen LogP contribution in [0.2, 0.25) is 0 Å². The van der Waals surface area contributed by atoms with Gasteiger partial charge in [0.15, 0.2) is 17.7 Å². The second-order valence-corrected chi connectivity index (χ2v) is 5.31. The lowest BCUT2D eigenvalue weighted by Crippen LogP contribution is -2.51. The maximum Gasteiger partial charge on any atom is 0.266 e. The molecule has 1 saturated carbocycles. The van der Waals surface area contributed by atoms with Crippen molar-refractivity contribution in [1.29, 1.82) is 0 Å². The van der Waals surface area contributed by atoms with Crippen molar-refractivity contribution in [1.82, 2.24) is 4.98 Å². The number of nitrogens with zero attached hydrogens (tertiary/aromatic N) is 1. The third-order valence-electron chi connectivity index (χ3n) is 3.22. The molecule has 0 spiro atoms. The Labute approximate surface area is 107 Å². The third kappa shape index (κ3) is 1.91. The third-order valence-corrected chi connectivity index (χ3v) is 3.66. The summed E-state index contributed by atoms with van der Waals surface area (Å²) in [6.45, 7) is 0. The van der Waals surface area contributed by atoms with Crippen molar-refractivity contribution >= 4 is 27.7 Å². The molecule has 3 N–H and O–H groups in total. The first kappa shape index (κ1) is 11.0. The number of halogens is 1. The summed E-state index contributed by atoms with van der Waals surface area (Å²) in [5.41, 5.74) is 5.73. The number of nitrogens with one attached hydrogen (secondary N) is 1. The predicted octanol–water partition coefficient (Wildman–Crippen LogP) is 1.28. The van der Waals surface area contributed by atoms with E-state index in [2.05, 4.69) is 26.2 Å². The van der Waals surface area contributed by atoms with E-state index >= 15 is 0 Å². The lowest BCUT2D eigenvalue weighted by molar-refractivity contribution is -0.127. The molecule has 2 heterocycles. The van der Waals surface area contributed by atoms with Gasteiger partial charge in [0, 0.05) is 12.0 Å². The summed E-state index contributed by atoms with van der Waals surface area (Å²) in [5, 5.41) is 2.77. The second kappa shape index (κ2) is 3.96. The van der Waals surface area contributed by atoms with Crippen LogP contribution in [0, 0.1) is 5.92 Å². The Balaban J connectivity index is 1.83. The van der Waals surface area contributed by atoms with E-state index in [1.807, 2.05) is 0 Å². The van der Waals surface area contributed by atoms with Crippen LogP contribution in [0.4, 0.5) is 5.82 Å². The number of pyridine rings is 1. The van der Waals surface area contributed by atoms with Crippen LogP contribution in [0.5, 0.6) is 5.75 Å². The van der Waals surface area contributed by atoms with Gasteiger partial charge in [-0.1, -0.05) is 0 Å². The lowest BCUT2D eigenvalue weighted by Gasteiger charge is -2.39. The Kier molecular flexibility index (Phi) is 2.56. The minimum absolute atomic E-state index is 0.125. The molecule has 0 saturated heterocycles. The van der Waals surface area contributed by atoms with E-state index in [-0.39, 0.29) is 17.9 Å². The van der Waals surface area contributed by atoms with Gasteiger partial charge in [0.1, 0.15) is 4.60 Å². The van der Waals surface area contributed by atoms with Gasteiger partial charge in [0.05, 0.1) is 0 Å². The van der Waals surface area contributed by atoms with E-state index in [1.54, 1.807) is 12.1 Å². The van der Waals surface area contributed by atoms with Crippen molar-refractivity contribution < 1.29 is 9.53 Å². The fourth-order valence-electron chi connectivity index (χ4n) is 2.25. The van der Waals surface area contributed by atoms with Gasteiger partial charge in [-0.15, -0.1) is 0 Å². The summed E-state index contributed by atoms with van der Waals surface area (Å²) in [6.07, 6.45) is 1.26. The molecular weight excluding hydrogens is 286 g/mol. The molecule has 1 aliphatic carbocycles. The van der Waals surface area contributed by atoms with E-state index in [0.717, 1.165) is 12.8 Å². The summed E-state index contributed by atoms with van der Waals surface area (Å²) < 4.78 is 6.37. The molecule has 1 atom stereocenters. The predicted molar refractivity (Wildman–Crippen MR) is 65.7 cm³/mol. The van der Waals surface area contributed by atoms with E-state index in [9.17, 15) is 4.79 Å². The van der Waals surface area contributed by atoms with Gasteiger partial charge >= 0.3 is 0 Å². The SMILES string of the molecule is NC1CC(C2Oc3ccc(Br)nc3NC2=O)C1. The topological polar surface area (TPSA) is 77.2 Å². The molecule has 0 radical (unpaired) electrons. The number of anilines is 1. The minimum Gasteiger partial charge on any atom is -0.476 e. The molecule has 90 valence electrons. The molecule has 2 aliphatic rings. The monoisotopic (exact) mass is 297 g/mol. The van der Waals surface area contributed by atoms with Crippen LogP contribution in [0.1, 0.15) is 12.8 Å². The summed E-state index contributed by atoms with van der Waals surface area (Å²) in [4.78, 5) is 16.0. The summed E-state index contributed by atoms with van der Waals surface area (Å²) >= 11 is 3.25. The maximum atomic E-state index is 11.9. The van der Waals surface area contributed by atoms with Crippen LogP contribution in [-0.4, -0.2) is 23.0 Å². The summed E-state index contributed by atoms with van der Waals surface area (Å²) in [5.74, 6) is 1.20. The van der Waals surface area contributed by atoms with Crippen molar-refractivity contribution in [2.24, 2.45) is 11.7 Å². The summed E-state index contributed by atoms with van der Waals surface area (Å²) in [7, 11) is 0. The van der Waals surface area contributed by atoms with Crippen molar-refractivity contribution in [2.45, 2.75) is 25.0 Å². The highest BCUT2D eigenvalue weighted by Crippen LogP contribution is 2.36. The van der Waals surface area contributed by atoms with E-state index in [1.165, 1.54) is 0 Å². The standard InChI is InChI=1S/C11H12BrN3O2/c12-8-2-1-7-10(14-8)15-11(16)9(17-7)5-3-6(13)4-5/h1-2,5-6,9H,3-4,13H2,(H,14,15,16). The molecule has 1 aliphatic heterocycles. The number of fused-ring (bicyclic) bond motifs is 1. The van der Waals surface area contributed by atoms with Gasteiger partial charge in [0.25, 0.3) is 5.91 Å². The number of carbonyl (C=O) groups excluding carboxylic acids is 1. The Morgan fingerprint density at radius 3 is 2.94 bits per heavy atom. The fourth-order valence-corrected chi connectivity index (χ4v) is 2.56. The largest absolute Gasteiger partial charge is 0.476 e. The van der Waals surface area contributed by atoms with Crippen molar-refractivity contribution in [3.8, 4) is 5.75 Å². The fraction of sp³-hybridized carbons (Fsp3) is 0.455. The van der Waals surface area contributed by atoms with Crippen LogP contribution in [-0.2, 0) is 4.79 Å². The molecule has 1 aromatic rings. The quantitative estimate of drug-likeness (QED) is 0.766. The average molecular weight is 298 g/mol. The molecule has 6 heteroatoms. The number of aromatic nitrogens is 1. The molecule has 1 aromatic heterocycles. The van der Waals surface area contributed by atoms with Gasteiger partial charge in [0.2, 0.25) is 0 Å². The molecule has 3 rings (SSSR count). The number of ether oxygens (including phenoxy) is 1. The highest BCUT2D eigenvalue weighted by Gasteiger charge is 2.41. The van der Waals surface area contributed by atoms with E-state index in [0.29, 0.717) is 16.2 Å². The molecule has 1 amide bonds. The molecule has 0 bridgehead atoms. The number of hydrogen-bond acceptors (Lipinski definition) is 4. The van der Waals surface area contributed by atoms with Crippen LogP contribution in [0.25, 0.3) is 0 Å². The van der Waals surface area contributed by atoms with Gasteiger partial charge in [-0.25, -0.2) is 4.98 Å². The molecular formula is C11H12BrN3O2. The number of nitrogens with two attached hydrogens (primary N) is 1. The van der Waals surface area contributed by atoms with Crippen molar-refractivity contribution in [3.05, 3.63) is 16.7 Å². The van der Waals surface area contributed by atoms with Crippen molar-refractivity contribution in [2.75, 3.05) is 5.32 Å². The highest BCUT2D eigenvalue weighted by atomic mass is 79.9. The second-order valence-electron chi connectivity index (χ2n) is 4.50. The first-order chi connectivity index (χ1) is 8.13. The zero-order chi connectivity index (χ0) is 12.0. The zero-order valence-corrected chi connectivity index (χ0v) is 10.6. The van der Waals surface area contributed by atoms with Crippen LogP contribution in [0.3, 0.4) is 0 Å². The number of rotatable bonds is 1. The van der Waals surface area contributed by atoms with Crippen LogP contribution < -0.4 is 15.8 Å². The van der Waals surface area contributed by atoms with Gasteiger partial charge in [-0.2, -0.15) is 0 Å². The van der Waals surface area contributed by atoms with E-state index in [4.69, 9.17) is 10.5 Å². The number of hydrogen-bond donors (Lipinski definition) is 2. The van der Waals surface area contributed by atoms with Crippen molar-refractivity contribution in [3.63, 3.8) is 0 Å². The Morgan fingerprint density at radius 2 is 2.24 bits per heavy atom. The summed E-state index contributed by atoms with van der Waals surface area (Å²) in [6, 6.07) is 3.80. The Hall–Kier alpha value is -1.14. The molecule has 1 fully saturated rings. The minimum atomic E-state index is -0.426. The van der Waals surface area contributed by atoms with Crippen LogP contribution >= 0.6 is 15.9 Å². The molecule has 5 nitrogen and oxygen atoms in total. The molecule has 0 aromatic carbocycles. The van der Waals surface area contributed by atoms with Crippen LogP contribution in [0.15, 0.2) is 16.7 Å². The normalized spacial score (nSPS) is 30.9. The smallest absolute Gasteiger partial charge is 0.266 e. The Bertz CT molecular complexity index is 474. The highest BCUT2D eigenvalue weighted by molar-refractivity contribution is 9.10. The van der Waals surface area contributed by atoms with Gasteiger partial charge in [-0.3, -0.25) is 4.79 Å². The number of amides is 1. The lowest BCUT2D eigenvalue weighted by atomic mass is 9.76. The first-order valence-electron chi connectivity index (χ1n) is 5.53. The number of carbonyl (C=O) groups is 1. The van der Waals surface area contributed by atoms with E-state index < -0.39 is 6.10 Å². The zero-order valence-electron chi connectivity index (χ0n) is 9.02. The molecule has 17 heavy (non-hydrogen) atoms. The Morgan fingerprint density at radius 1 is 1.47 bits per heavy atom. The van der Waals surface area contributed by atoms with Gasteiger partial charge < -0.3 is 15.8 Å². The molecule has 1 unspecified atom stereocenters.